The summed E-state index contributed by atoms with van der Waals surface area (Å²) in [5, 5.41) is 8.84. The lowest BCUT2D eigenvalue weighted by molar-refractivity contribution is -0.144. The summed E-state index contributed by atoms with van der Waals surface area (Å²) in [5.41, 5.74) is -0.0372. The minimum Gasteiger partial charge on any atom is -0.466 e. The van der Waals surface area contributed by atoms with Crippen LogP contribution in [0.2, 0.25) is 0 Å². The molecule has 2 aliphatic carbocycles. The molecule has 180 valence electrons. The molecular weight excluding hydrogens is 450 g/mol. The van der Waals surface area contributed by atoms with Crippen molar-refractivity contribution in [2.24, 2.45) is 11.8 Å². The molecule has 0 saturated heterocycles. The smallest absolute Gasteiger partial charge is 0.416 e. The SMILES string of the molecule is CCOC(=O)C1CC1c1cccc(C(F)(F)F)c1.OCC1CC1c1cccc(C(F)(F)F)c1. The Morgan fingerprint density at radius 3 is 1.85 bits per heavy atom. The van der Waals surface area contributed by atoms with E-state index in [1.165, 1.54) is 18.2 Å². The van der Waals surface area contributed by atoms with Gasteiger partial charge in [-0.15, -0.1) is 0 Å². The van der Waals surface area contributed by atoms with Crippen LogP contribution in [-0.2, 0) is 21.9 Å². The topological polar surface area (TPSA) is 46.5 Å². The molecule has 0 aliphatic heterocycles. The van der Waals surface area contributed by atoms with Crippen LogP contribution in [0.25, 0.3) is 0 Å². The van der Waals surface area contributed by atoms with Gasteiger partial charge in [0.15, 0.2) is 0 Å². The highest BCUT2D eigenvalue weighted by Gasteiger charge is 2.45. The number of ether oxygens (including phenoxy) is 1. The average Bonchev–Trinajstić information content (AvgIpc) is 3.67. The number of halogens is 6. The molecule has 0 bridgehead atoms. The minimum absolute atomic E-state index is 0.0565. The monoisotopic (exact) mass is 474 g/mol. The van der Waals surface area contributed by atoms with Crippen LogP contribution in [0.1, 0.15) is 53.9 Å². The van der Waals surface area contributed by atoms with Crippen molar-refractivity contribution in [3.63, 3.8) is 0 Å². The van der Waals surface area contributed by atoms with E-state index >= 15 is 0 Å². The number of carbonyl (C=O) groups excluding carboxylic acids is 1. The fraction of sp³-hybridized carbons (Fsp3) is 0.458. The van der Waals surface area contributed by atoms with Gasteiger partial charge in [-0.05, 0) is 60.8 Å². The molecular formula is C24H24F6O3. The van der Waals surface area contributed by atoms with E-state index in [4.69, 9.17) is 9.84 Å². The van der Waals surface area contributed by atoms with Crippen LogP contribution in [0.4, 0.5) is 26.3 Å². The number of benzene rings is 2. The maximum absolute atomic E-state index is 12.5. The maximum Gasteiger partial charge on any atom is 0.416 e. The third kappa shape index (κ3) is 6.50. The molecule has 4 unspecified atom stereocenters. The zero-order valence-electron chi connectivity index (χ0n) is 17.8. The van der Waals surface area contributed by atoms with E-state index in [9.17, 15) is 31.1 Å². The van der Waals surface area contributed by atoms with Crippen molar-refractivity contribution in [3.05, 3.63) is 70.8 Å². The summed E-state index contributed by atoms with van der Waals surface area (Å²) in [4.78, 5) is 11.4. The number of alkyl halides is 6. The van der Waals surface area contributed by atoms with Crippen LogP contribution in [0.3, 0.4) is 0 Å². The lowest BCUT2D eigenvalue weighted by Crippen LogP contribution is -2.08. The van der Waals surface area contributed by atoms with E-state index in [-0.39, 0.29) is 36.2 Å². The van der Waals surface area contributed by atoms with Crippen molar-refractivity contribution in [1.82, 2.24) is 0 Å². The molecule has 2 aromatic rings. The van der Waals surface area contributed by atoms with Crippen molar-refractivity contribution < 1.29 is 41.0 Å². The average molecular weight is 474 g/mol. The molecule has 9 heteroatoms. The van der Waals surface area contributed by atoms with E-state index in [0.29, 0.717) is 24.2 Å². The van der Waals surface area contributed by atoms with Gasteiger partial charge >= 0.3 is 18.3 Å². The van der Waals surface area contributed by atoms with Crippen molar-refractivity contribution in [2.75, 3.05) is 13.2 Å². The van der Waals surface area contributed by atoms with E-state index < -0.39 is 23.5 Å². The first-order valence-corrected chi connectivity index (χ1v) is 10.6. The van der Waals surface area contributed by atoms with Crippen LogP contribution in [0.5, 0.6) is 0 Å². The molecule has 3 nitrogen and oxygen atoms in total. The molecule has 0 spiro atoms. The molecule has 4 rings (SSSR count). The Labute approximate surface area is 187 Å². The van der Waals surface area contributed by atoms with E-state index in [2.05, 4.69) is 0 Å². The normalized spacial score (nSPS) is 23.9. The summed E-state index contributed by atoms with van der Waals surface area (Å²) in [5.74, 6) is -0.481. The highest BCUT2D eigenvalue weighted by atomic mass is 19.4. The number of hydrogen-bond acceptors (Lipinski definition) is 3. The zero-order valence-corrected chi connectivity index (χ0v) is 17.8. The molecule has 0 heterocycles. The van der Waals surface area contributed by atoms with Crippen LogP contribution in [0, 0.1) is 11.8 Å². The summed E-state index contributed by atoms with van der Waals surface area (Å²) in [6, 6.07) is 10.5. The third-order valence-corrected chi connectivity index (χ3v) is 5.82. The lowest BCUT2D eigenvalue weighted by atomic mass is 10.1. The molecule has 2 aliphatic rings. The fourth-order valence-electron chi connectivity index (χ4n) is 3.82. The number of rotatable bonds is 5. The Morgan fingerprint density at radius 2 is 1.42 bits per heavy atom. The van der Waals surface area contributed by atoms with Crippen molar-refractivity contribution in [3.8, 4) is 0 Å². The molecule has 2 fully saturated rings. The molecule has 2 saturated carbocycles. The van der Waals surface area contributed by atoms with Gasteiger partial charge in [0.25, 0.3) is 0 Å². The molecule has 1 N–H and O–H groups in total. The maximum atomic E-state index is 12.5. The van der Waals surface area contributed by atoms with Gasteiger partial charge in [0, 0.05) is 6.61 Å². The first kappa shape index (κ1) is 25.1. The summed E-state index contributed by atoms with van der Waals surface area (Å²) in [7, 11) is 0. The van der Waals surface area contributed by atoms with Crippen LogP contribution in [-0.4, -0.2) is 24.3 Å². The number of carbonyl (C=O) groups is 1. The third-order valence-electron chi connectivity index (χ3n) is 5.82. The van der Waals surface area contributed by atoms with Crippen molar-refractivity contribution >= 4 is 5.97 Å². The van der Waals surface area contributed by atoms with E-state index in [1.54, 1.807) is 19.1 Å². The van der Waals surface area contributed by atoms with Gasteiger partial charge in [0.1, 0.15) is 0 Å². The Hall–Kier alpha value is -2.55. The molecule has 0 aromatic heterocycles. The second-order valence-corrected chi connectivity index (χ2v) is 8.23. The molecule has 0 amide bonds. The summed E-state index contributed by atoms with van der Waals surface area (Å²) in [6.45, 7) is 2.06. The molecule has 33 heavy (non-hydrogen) atoms. The van der Waals surface area contributed by atoms with Gasteiger partial charge in [-0.3, -0.25) is 4.79 Å². The first-order chi connectivity index (χ1) is 15.5. The predicted octanol–water partition coefficient (Wildman–Crippen LogP) is 6.17. The predicted molar refractivity (Wildman–Crippen MR) is 108 cm³/mol. The lowest BCUT2D eigenvalue weighted by Gasteiger charge is -2.08. The summed E-state index contributed by atoms with van der Waals surface area (Å²) in [6.07, 6.45) is -7.26. The Balaban J connectivity index is 0.000000189. The number of aliphatic hydroxyl groups is 1. The van der Waals surface area contributed by atoms with Gasteiger partial charge < -0.3 is 9.84 Å². The highest BCUT2D eigenvalue weighted by molar-refractivity contribution is 5.77. The number of aliphatic hydroxyl groups excluding tert-OH is 1. The van der Waals surface area contributed by atoms with E-state index in [0.717, 1.165) is 24.6 Å². The van der Waals surface area contributed by atoms with Gasteiger partial charge in [0.2, 0.25) is 0 Å². The Morgan fingerprint density at radius 1 is 0.909 bits per heavy atom. The summed E-state index contributed by atoms with van der Waals surface area (Å²) < 4.78 is 79.6. The Kier molecular flexibility index (Phi) is 7.41. The van der Waals surface area contributed by atoms with Crippen LogP contribution >= 0.6 is 0 Å². The molecule has 2 aromatic carbocycles. The number of hydrogen-bond donors (Lipinski definition) is 1. The zero-order chi connectivity index (χ0) is 24.4. The van der Waals surface area contributed by atoms with Crippen molar-refractivity contribution in [2.45, 2.75) is 44.0 Å². The molecule has 0 radical (unpaired) electrons. The van der Waals surface area contributed by atoms with Gasteiger partial charge in [-0.1, -0.05) is 36.4 Å². The fourth-order valence-corrected chi connectivity index (χ4v) is 3.82. The van der Waals surface area contributed by atoms with Crippen LogP contribution in [0.15, 0.2) is 48.5 Å². The molecule has 4 atom stereocenters. The quantitative estimate of drug-likeness (QED) is 0.416. The largest absolute Gasteiger partial charge is 0.466 e. The van der Waals surface area contributed by atoms with Crippen molar-refractivity contribution in [1.29, 1.82) is 0 Å². The summed E-state index contributed by atoms with van der Waals surface area (Å²) >= 11 is 0. The standard InChI is InChI=1S/C13H13F3O2.C11H11F3O/c1-2-18-12(17)11-7-10(11)8-4-3-5-9(6-8)13(14,15)16;12-11(13,14)9-3-1-2-7(4-9)10-5-8(10)6-15/h3-6,10-11H,2,7H2,1H3;1-4,8,10,15H,5-6H2. The van der Waals surface area contributed by atoms with Crippen LogP contribution < -0.4 is 0 Å². The Bertz CT molecular complexity index is 969. The second kappa shape index (κ2) is 9.75. The van der Waals surface area contributed by atoms with Gasteiger partial charge in [-0.2, -0.15) is 26.3 Å². The highest BCUT2D eigenvalue weighted by Crippen LogP contribution is 2.49. The van der Waals surface area contributed by atoms with E-state index in [1.807, 2.05) is 0 Å². The first-order valence-electron chi connectivity index (χ1n) is 10.6. The van der Waals surface area contributed by atoms with Gasteiger partial charge in [0.05, 0.1) is 23.7 Å². The number of esters is 1. The van der Waals surface area contributed by atoms with Gasteiger partial charge in [-0.25, -0.2) is 0 Å². The minimum atomic E-state index is -4.34. The second-order valence-electron chi connectivity index (χ2n) is 8.23.